The Morgan fingerprint density at radius 1 is 1.20 bits per heavy atom. The molecule has 1 rings (SSSR count). The molecule has 0 aromatic heterocycles. The molecule has 0 aliphatic rings. The minimum absolute atomic E-state index is 0.246. The van der Waals surface area contributed by atoms with Crippen LogP contribution in [0.15, 0.2) is 30.3 Å². The summed E-state index contributed by atoms with van der Waals surface area (Å²) in [6, 6.07) is 7.26. The molecule has 2 N–H and O–H groups in total. The van der Waals surface area contributed by atoms with Crippen LogP contribution >= 0.6 is 0 Å². The van der Waals surface area contributed by atoms with E-state index in [0.717, 1.165) is 0 Å². The van der Waals surface area contributed by atoms with Gasteiger partial charge in [-0.2, -0.15) is 0 Å². The van der Waals surface area contributed by atoms with E-state index in [-0.39, 0.29) is 18.1 Å². The van der Waals surface area contributed by atoms with Gasteiger partial charge in [0, 0.05) is 12.0 Å². The summed E-state index contributed by atoms with van der Waals surface area (Å²) in [4.78, 5) is 35.0. The first kappa shape index (κ1) is 15.9. The van der Waals surface area contributed by atoms with Gasteiger partial charge in [-0.25, -0.2) is 4.79 Å². The smallest absolute Gasteiger partial charge is 0.326 e. The van der Waals surface area contributed by atoms with Gasteiger partial charge in [-0.05, 0) is 6.42 Å². The largest absolute Gasteiger partial charge is 0.480 e. The van der Waals surface area contributed by atoms with Crippen molar-refractivity contribution in [1.82, 2.24) is 5.32 Å². The van der Waals surface area contributed by atoms with Crippen LogP contribution in [0.1, 0.15) is 37.0 Å². The van der Waals surface area contributed by atoms with E-state index in [0.29, 0.717) is 12.0 Å². The monoisotopic (exact) mass is 277 g/mol. The molecule has 0 saturated heterocycles. The van der Waals surface area contributed by atoms with Gasteiger partial charge >= 0.3 is 5.97 Å². The lowest BCUT2D eigenvalue weighted by molar-refractivity contribution is -0.142. The molecule has 108 valence electrons. The highest BCUT2D eigenvalue weighted by atomic mass is 16.4. The first-order valence-corrected chi connectivity index (χ1v) is 6.58. The average Bonchev–Trinajstić information content (AvgIpc) is 2.44. The number of carbonyl (C=O) groups is 3. The van der Waals surface area contributed by atoms with Gasteiger partial charge in [-0.15, -0.1) is 0 Å². The third kappa shape index (κ3) is 4.19. The highest BCUT2D eigenvalue weighted by Gasteiger charge is 2.31. The van der Waals surface area contributed by atoms with Crippen LogP contribution in [0.2, 0.25) is 0 Å². The van der Waals surface area contributed by atoms with Gasteiger partial charge in [0.05, 0.1) is 5.92 Å². The Kier molecular flexibility index (Phi) is 5.90. The molecule has 0 saturated carbocycles. The maximum absolute atomic E-state index is 12.2. The highest BCUT2D eigenvalue weighted by molar-refractivity contribution is 6.01. The number of ketones is 1. The molecule has 0 aliphatic carbocycles. The number of amides is 1. The summed E-state index contributed by atoms with van der Waals surface area (Å²) < 4.78 is 0. The molecule has 1 amide bonds. The summed E-state index contributed by atoms with van der Waals surface area (Å²) in [6.45, 7) is 3.34. The first-order valence-electron chi connectivity index (χ1n) is 6.58. The van der Waals surface area contributed by atoms with E-state index >= 15 is 0 Å². The van der Waals surface area contributed by atoms with Crippen LogP contribution in [0.25, 0.3) is 0 Å². The van der Waals surface area contributed by atoms with E-state index in [2.05, 4.69) is 5.32 Å². The predicted molar refractivity (Wildman–Crippen MR) is 74.4 cm³/mol. The van der Waals surface area contributed by atoms with Crippen molar-refractivity contribution in [3.05, 3.63) is 35.9 Å². The topological polar surface area (TPSA) is 83.5 Å². The minimum atomic E-state index is -1.21. The van der Waals surface area contributed by atoms with Crippen molar-refractivity contribution in [2.45, 2.75) is 32.7 Å². The van der Waals surface area contributed by atoms with E-state index in [9.17, 15) is 19.5 Å². The molecule has 0 spiro atoms. The molecule has 0 unspecified atom stereocenters. The summed E-state index contributed by atoms with van der Waals surface area (Å²) in [7, 11) is 0. The lowest BCUT2D eigenvalue weighted by Crippen LogP contribution is -2.47. The number of nitrogens with one attached hydrogen (secondary N) is 1. The van der Waals surface area contributed by atoms with Crippen LogP contribution in [0.4, 0.5) is 0 Å². The number of hydrogen-bond donors (Lipinski definition) is 2. The fraction of sp³-hybridized carbons (Fsp3) is 0.400. The molecule has 0 fully saturated rings. The van der Waals surface area contributed by atoms with Crippen molar-refractivity contribution < 1.29 is 19.5 Å². The van der Waals surface area contributed by atoms with Gasteiger partial charge in [0.15, 0.2) is 5.78 Å². The van der Waals surface area contributed by atoms with E-state index in [1.165, 1.54) is 6.92 Å². The van der Waals surface area contributed by atoms with Gasteiger partial charge in [0.1, 0.15) is 6.04 Å². The number of rotatable bonds is 7. The fourth-order valence-electron chi connectivity index (χ4n) is 1.89. The third-order valence-electron chi connectivity index (χ3n) is 3.03. The first-order chi connectivity index (χ1) is 9.47. The average molecular weight is 277 g/mol. The number of carbonyl (C=O) groups excluding carboxylic acids is 2. The summed E-state index contributed by atoms with van der Waals surface area (Å²) in [5.74, 6) is -2.68. The molecule has 5 heteroatoms. The molecule has 20 heavy (non-hydrogen) atoms. The molecule has 0 heterocycles. The van der Waals surface area contributed by atoms with Gasteiger partial charge in [0.25, 0.3) is 0 Å². The number of benzene rings is 1. The second-order valence-corrected chi connectivity index (χ2v) is 4.65. The maximum atomic E-state index is 12.2. The Hall–Kier alpha value is -2.17. The van der Waals surface area contributed by atoms with E-state index in [1.54, 1.807) is 30.3 Å². The molecule has 0 aliphatic heterocycles. The van der Waals surface area contributed by atoms with Crippen molar-refractivity contribution in [2.24, 2.45) is 5.92 Å². The lowest BCUT2D eigenvalue weighted by Gasteiger charge is -2.20. The number of hydrogen-bond acceptors (Lipinski definition) is 3. The highest BCUT2D eigenvalue weighted by Crippen LogP contribution is 2.13. The summed E-state index contributed by atoms with van der Waals surface area (Å²) in [5, 5.41) is 11.6. The summed E-state index contributed by atoms with van der Waals surface area (Å²) >= 11 is 0. The number of Topliss-reactive ketones (excluding diaryl/α,β-unsaturated/α-hetero) is 1. The number of carboxylic acid groups (broad SMARTS) is 1. The van der Waals surface area contributed by atoms with Crippen molar-refractivity contribution in [1.29, 1.82) is 0 Å². The minimum Gasteiger partial charge on any atom is -0.480 e. The normalized spacial score (nSPS) is 13.3. The SMILES string of the molecule is CCCC(=O)N[C@@H](C(=O)O)[C@H](C)C(=O)c1ccccc1. The van der Waals surface area contributed by atoms with E-state index < -0.39 is 17.9 Å². The quantitative estimate of drug-likeness (QED) is 0.745. The second kappa shape index (κ2) is 7.43. The van der Waals surface area contributed by atoms with Crippen molar-refractivity contribution in [2.75, 3.05) is 0 Å². The molecule has 5 nitrogen and oxygen atoms in total. The van der Waals surface area contributed by atoms with Crippen LogP contribution in [-0.4, -0.2) is 28.8 Å². The van der Waals surface area contributed by atoms with Crippen molar-refractivity contribution in [3.63, 3.8) is 0 Å². The van der Waals surface area contributed by atoms with Crippen LogP contribution in [0.3, 0.4) is 0 Å². The zero-order chi connectivity index (χ0) is 15.1. The van der Waals surface area contributed by atoms with Crippen LogP contribution < -0.4 is 5.32 Å². The Morgan fingerprint density at radius 2 is 1.80 bits per heavy atom. The zero-order valence-corrected chi connectivity index (χ0v) is 11.6. The Bertz CT molecular complexity index is 484. The molecule has 0 bridgehead atoms. The molecule has 1 aromatic carbocycles. The molecule has 2 atom stereocenters. The summed E-state index contributed by atoms with van der Waals surface area (Å²) in [5.41, 5.74) is 0.441. The Morgan fingerprint density at radius 3 is 2.30 bits per heavy atom. The van der Waals surface area contributed by atoms with Crippen molar-refractivity contribution >= 4 is 17.7 Å². The van der Waals surface area contributed by atoms with Crippen LogP contribution in [0.5, 0.6) is 0 Å². The van der Waals surface area contributed by atoms with Crippen molar-refractivity contribution in [3.8, 4) is 0 Å². The zero-order valence-electron chi connectivity index (χ0n) is 11.6. The summed E-state index contributed by atoms with van der Waals surface area (Å²) in [6.07, 6.45) is 0.870. The van der Waals surface area contributed by atoms with Gasteiger partial charge in [-0.1, -0.05) is 44.2 Å². The van der Waals surface area contributed by atoms with Crippen LogP contribution in [-0.2, 0) is 9.59 Å². The number of aliphatic carboxylic acids is 1. The third-order valence-corrected chi connectivity index (χ3v) is 3.03. The van der Waals surface area contributed by atoms with E-state index in [1.807, 2.05) is 6.92 Å². The van der Waals surface area contributed by atoms with Gasteiger partial charge in [-0.3, -0.25) is 9.59 Å². The number of carboxylic acids is 1. The predicted octanol–water partition coefficient (Wildman–Crippen LogP) is 1.87. The Labute approximate surface area is 118 Å². The molecule has 0 radical (unpaired) electrons. The second-order valence-electron chi connectivity index (χ2n) is 4.65. The standard InChI is InChI=1S/C15H19NO4/c1-3-7-12(17)16-13(15(19)20)10(2)14(18)11-8-5-4-6-9-11/h4-6,8-10,13H,3,7H2,1-2H3,(H,16,17)(H,19,20)/t10-,13+/m0/s1. The van der Waals surface area contributed by atoms with E-state index in [4.69, 9.17) is 0 Å². The molecule has 1 aromatic rings. The fourth-order valence-corrected chi connectivity index (χ4v) is 1.89. The van der Waals surface area contributed by atoms with Gasteiger partial charge in [0.2, 0.25) is 5.91 Å². The van der Waals surface area contributed by atoms with Crippen LogP contribution in [0, 0.1) is 5.92 Å². The molecular weight excluding hydrogens is 258 g/mol. The Balaban J connectivity index is 2.84. The molecular formula is C15H19NO4. The maximum Gasteiger partial charge on any atom is 0.326 e. The van der Waals surface area contributed by atoms with Gasteiger partial charge < -0.3 is 10.4 Å². The lowest BCUT2D eigenvalue weighted by atomic mass is 9.92.